The van der Waals surface area contributed by atoms with E-state index in [2.05, 4.69) is 0 Å². The van der Waals surface area contributed by atoms with Gasteiger partial charge >= 0.3 is 0 Å². The van der Waals surface area contributed by atoms with Crippen molar-refractivity contribution in [1.82, 2.24) is 0 Å². The van der Waals surface area contributed by atoms with Crippen LogP contribution in [0.1, 0.15) is 44.5 Å². The molecule has 0 aliphatic heterocycles. The van der Waals surface area contributed by atoms with Crippen molar-refractivity contribution in [2.45, 2.75) is 59.3 Å². The van der Waals surface area contributed by atoms with Crippen molar-refractivity contribution in [2.24, 2.45) is 0 Å². The summed E-state index contributed by atoms with van der Waals surface area (Å²) in [5, 5.41) is 81.5. The smallest absolute Gasteiger partial charge is 0.124 e. The number of hydrogen-bond acceptors (Lipinski definition) is 6. The van der Waals surface area contributed by atoms with Gasteiger partial charge in [0.15, 0.2) is 0 Å². The van der Waals surface area contributed by atoms with Crippen molar-refractivity contribution in [2.75, 3.05) is 0 Å². The molecule has 64 heavy (non-hydrogen) atoms. The molecule has 8 aromatic rings. The molecule has 0 amide bonds. The Morgan fingerprint density at radius 1 is 0.266 bits per heavy atom. The minimum Gasteiger partial charge on any atom is -0.388 e. The molecule has 6 nitrogen and oxygen atoms in total. The molecule has 0 spiro atoms. The van der Waals surface area contributed by atoms with E-state index in [-0.39, 0.29) is 12.8 Å². The average Bonchev–Trinajstić information content (AvgIpc) is 3.36. The van der Waals surface area contributed by atoms with Gasteiger partial charge in [-0.15, -0.1) is 0 Å². The Morgan fingerprint density at radius 3 is 0.625 bits per heavy atom. The summed E-state index contributed by atoms with van der Waals surface area (Å²) in [6.07, 6.45) is -9.14. The van der Waals surface area contributed by atoms with Crippen LogP contribution in [0.15, 0.2) is 243 Å². The van der Waals surface area contributed by atoms with Crippen LogP contribution in [0.5, 0.6) is 0 Å². The van der Waals surface area contributed by atoms with Crippen LogP contribution in [0.25, 0.3) is 0 Å². The Hall–Kier alpha value is -6.48. The predicted octanol–water partition coefficient (Wildman–Crippen LogP) is 8.45. The highest BCUT2D eigenvalue weighted by molar-refractivity contribution is 5.55. The molecular weight excluding hydrogens is 793 g/mol. The molecule has 322 valence electrons. The summed E-state index contributed by atoms with van der Waals surface area (Å²) < 4.78 is 0. The van der Waals surface area contributed by atoms with Crippen LogP contribution >= 0.6 is 0 Å². The number of rotatable bonds is 17. The first-order valence-electron chi connectivity index (χ1n) is 21.7. The molecule has 8 aromatic carbocycles. The summed E-state index contributed by atoms with van der Waals surface area (Å²) in [4.78, 5) is 0. The maximum absolute atomic E-state index is 13.8. The van der Waals surface area contributed by atoms with E-state index in [1.165, 1.54) is 0 Å². The van der Waals surface area contributed by atoms with Gasteiger partial charge in [0.2, 0.25) is 0 Å². The van der Waals surface area contributed by atoms with Crippen LogP contribution in [-0.2, 0) is 23.7 Å². The van der Waals surface area contributed by atoms with Crippen molar-refractivity contribution >= 4 is 0 Å². The van der Waals surface area contributed by atoms with Crippen molar-refractivity contribution in [1.29, 1.82) is 0 Å². The zero-order chi connectivity index (χ0) is 44.6. The first-order valence-corrected chi connectivity index (χ1v) is 21.7. The highest BCUT2D eigenvalue weighted by Gasteiger charge is 2.63. The van der Waals surface area contributed by atoms with E-state index < -0.39 is 46.4 Å². The van der Waals surface area contributed by atoms with Crippen molar-refractivity contribution in [3.63, 3.8) is 0 Å². The van der Waals surface area contributed by atoms with Crippen molar-refractivity contribution in [3.05, 3.63) is 287 Å². The molecule has 6 atom stereocenters. The highest BCUT2D eigenvalue weighted by atomic mass is 16.4. The molecule has 0 aliphatic rings. The van der Waals surface area contributed by atoms with Gasteiger partial charge in [-0.2, -0.15) is 0 Å². The second kappa shape index (κ2) is 19.1. The third-order valence-electron chi connectivity index (χ3n) is 13.1. The van der Waals surface area contributed by atoms with Crippen LogP contribution in [0.4, 0.5) is 0 Å². The SMILES string of the molecule is OC(C(c1ccccc1)(c1ccccc1)c1ccccc1)[C@](O)(Cc1ccccc1)[C@@H](O)[C@H](O)[C@@](O)(Cc1ccccc1)C(O)C(c1ccccc1)(c1ccccc1)c1ccccc1. The molecule has 0 saturated carbocycles. The highest BCUT2D eigenvalue weighted by Crippen LogP contribution is 2.51. The zero-order valence-electron chi connectivity index (χ0n) is 35.5. The maximum Gasteiger partial charge on any atom is 0.124 e. The van der Waals surface area contributed by atoms with Gasteiger partial charge in [0.25, 0.3) is 0 Å². The van der Waals surface area contributed by atoms with Crippen LogP contribution in [0.2, 0.25) is 0 Å². The van der Waals surface area contributed by atoms with Crippen LogP contribution in [0, 0.1) is 0 Å². The summed E-state index contributed by atoms with van der Waals surface area (Å²) in [5.41, 5.74) is -3.61. The van der Waals surface area contributed by atoms with Gasteiger partial charge < -0.3 is 30.6 Å². The Balaban J connectivity index is 1.39. The molecular formula is C58H54O6. The summed E-state index contributed by atoms with van der Waals surface area (Å²) in [6.45, 7) is 0. The zero-order valence-corrected chi connectivity index (χ0v) is 35.5. The standard InChI is InChI=1S/C58H54O6/c59-51(55(63,41-43-25-9-1-10-26-43)53(61)57(45-29-13-3-14-30-45,46-31-15-4-16-32-46)47-33-17-5-18-34-47)52(60)56(64,42-44-27-11-2-12-28-44)54(62)58(48-35-19-6-20-36-48,49-37-21-7-22-38-49)50-39-23-8-24-40-50/h1-40,51-54,59-64H,41-42H2/t51-,52-,53?,54?,55-,56-/m0/s1. The predicted molar refractivity (Wildman–Crippen MR) is 253 cm³/mol. The van der Waals surface area contributed by atoms with E-state index in [9.17, 15) is 30.6 Å². The van der Waals surface area contributed by atoms with E-state index >= 15 is 0 Å². The normalized spacial score (nSPS) is 15.8. The van der Waals surface area contributed by atoms with E-state index in [1.807, 2.05) is 194 Å². The van der Waals surface area contributed by atoms with Gasteiger partial charge in [-0.3, -0.25) is 0 Å². The second-order valence-corrected chi connectivity index (χ2v) is 16.8. The summed E-state index contributed by atoms with van der Waals surface area (Å²) in [5.74, 6) is 0. The fourth-order valence-corrected chi connectivity index (χ4v) is 10.0. The molecule has 2 unspecified atom stereocenters. The van der Waals surface area contributed by atoms with Crippen LogP contribution in [-0.4, -0.2) is 66.3 Å². The fourth-order valence-electron chi connectivity index (χ4n) is 10.0. The van der Waals surface area contributed by atoms with Crippen LogP contribution < -0.4 is 0 Å². The Labute approximate surface area is 375 Å². The van der Waals surface area contributed by atoms with Gasteiger partial charge in [-0.1, -0.05) is 243 Å². The Bertz CT molecular complexity index is 2260. The summed E-state index contributed by atoms with van der Waals surface area (Å²) in [7, 11) is 0. The van der Waals surface area contributed by atoms with Gasteiger partial charge in [0.05, 0.1) is 10.8 Å². The number of benzene rings is 8. The minimum absolute atomic E-state index is 0.361. The van der Waals surface area contributed by atoms with Gasteiger partial charge in [-0.25, -0.2) is 0 Å². The molecule has 6 heteroatoms. The third-order valence-corrected chi connectivity index (χ3v) is 13.1. The lowest BCUT2D eigenvalue weighted by Gasteiger charge is -2.53. The summed E-state index contributed by atoms with van der Waals surface area (Å²) >= 11 is 0. The third kappa shape index (κ3) is 8.01. The van der Waals surface area contributed by atoms with Crippen molar-refractivity contribution < 1.29 is 30.6 Å². The summed E-state index contributed by atoms with van der Waals surface area (Å²) in [6, 6.07) is 74.0. The minimum atomic E-state index is -2.64. The number of hydrogen-bond donors (Lipinski definition) is 6. The van der Waals surface area contributed by atoms with Gasteiger partial charge in [0.1, 0.15) is 35.6 Å². The molecule has 8 rings (SSSR count). The molecule has 0 radical (unpaired) electrons. The molecule has 0 fully saturated rings. The topological polar surface area (TPSA) is 121 Å². The quantitative estimate of drug-likeness (QED) is 0.0512. The Morgan fingerprint density at radius 2 is 0.438 bits per heavy atom. The van der Waals surface area contributed by atoms with E-state index in [0.717, 1.165) is 0 Å². The molecule has 0 aliphatic carbocycles. The van der Waals surface area contributed by atoms with Crippen LogP contribution in [0.3, 0.4) is 0 Å². The maximum atomic E-state index is 13.8. The first kappa shape index (κ1) is 44.1. The van der Waals surface area contributed by atoms with Gasteiger partial charge in [-0.05, 0) is 44.5 Å². The molecule has 0 bridgehead atoms. The fraction of sp³-hybridized carbons (Fsp3) is 0.172. The molecule has 0 aromatic heterocycles. The molecule has 0 heterocycles. The van der Waals surface area contributed by atoms with E-state index in [4.69, 9.17) is 0 Å². The first-order chi connectivity index (χ1) is 31.2. The monoisotopic (exact) mass is 846 g/mol. The molecule has 6 N–H and O–H groups in total. The van der Waals surface area contributed by atoms with Crippen molar-refractivity contribution in [3.8, 4) is 0 Å². The Kier molecular flexibility index (Phi) is 13.2. The second-order valence-electron chi connectivity index (χ2n) is 16.8. The van der Waals surface area contributed by atoms with Gasteiger partial charge in [0, 0.05) is 12.8 Å². The van der Waals surface area contributed by atoms with E-state index in [1.54, 1.807) is 48.5 Å². The number of aliphatic hydroxyl groups excluding tert-OH is 4. The molecule has 0 saturated heterocycles. The number of aliphatic hydroxyl groups is 6. The average molecular weight is 847 g/mol. The lowest BCUT2D eigenvalue weighted by molar-refractivity contribution is -0.241. The lowest BCUT2D eigenvalue weighted by Crippen LogP contribution is -2.71. The largest absolute Gasteiger partial charge is 0.388 e. The lowest BCUT2D eigenvalue weighted by atomic mass is 9.57. The van der Waals surface area contributed by atoms with E-state index in [0.29, 0.717) is 44.5 Å².